The first-order valence-corrected chi connectivity index (χ1v) is 5.14. The summed E-state index contributed by atoms with van der Waals surface area (Å²) in [5, 5.41) is 0. The summed E-state index contributed by atoms with van der Waals surface area (Å²) in [5.74, 6) is 0.221. The van der Waals surface area contributed by atoms with Crippen molar-refractivity contribution in [1.29, 1.82) is 0 Å². The molecular formula is C12H17NO3. The number of hydrogen-bond donors (Lipinski definition) is 1. The molecule has 0 bridgehead atoms. The van der Waals surface area contributed by atoms with Crippen molar-refractivity contribution in [2.24, 2.45) is 5.73 Å². The van der Waals surface area contributed by atoms with Crippen LogP contribution in [0.15, 0.2) is 24.3 Å². The molecule has 1 rings (SSSR count). The molecule has 88 valence electrons. The number of carbonyl (C=O) groups is 1. The van der Waals surface area contributed by atoms with Crippen molar-refractivity contribution in [3.05, 3.63) is 29.8 Å². The summed E-state index contributed by atoms with van der Waals surface area (Å²) >= 11 is 0. The summed E-state index contributed by atoms with van der Waals surface area (Å²) in [6.07, 6.45) is -0.617. The second kappa shape index (κ2) is 5.51. The molecule has 0 saturated carbocycles. The van der Waals surface area contributed by atoms with Crippen molar-refractivity contribution in [1.82, 2.24) is 0 Å². The number of rotatable bonds is 4. The molecule has 0 aliphatic carbocycles. The van der Waals surface area contributed by atoms with Gasteiger partial charge in [-0.1, -0.05) is 12.1 Å². The van der Waals surface area contributed by atoms with Crippen molar-refractivity contribution < 1.29 is 14.3 Å². The minimum atomic E-state index is -0.617. The molecular weight excluding hydrogens is 206 g/mol. The zero-order valence-corrected chi connectivity index (χ0v) is 9.77. The van der Waals surface area contributed by atoms with E-state index >= 15 is 0 Å². The Morgan fingerprint density at radius 1 is 1.38 bits per heavy atom. The third-order valence-corrected chi connectivity index (χ3v) is 2.23. The fraction of sp³-hybridized carbons (Fsp3) is 0.417. The van der Waals surface area contributed by atoms with Gasteiger partial charge in [-0.3, -0.25) is 0 Å². The standard InChI is InChI=1S/C12H17NO3/c1-8(13)10-5-4-6-11(7-10)16-9(2)12(14)15-3/h4-9H,13H2,1-3H3/t8-,9?/m1/s1. The zero-order chi connectivity index (χ0) is 12.1. The number of esters is 1. The lowest BCUT2D eigenvalue weighted by Crippen LogP contribution is -2.24. The summed E-state index contributed by atoms with van der Waals surface area (Å²) in [6, 6.07) is 7.31. The molecule has 2 atom stereocenters. The zero-order valence-electron chi connectivity index (χ0n) is 9.77. The van der Waals surface area contributed by atoms with E-state index in [-0.39, 0.29) is 6.04 Å². The average Bonchev–Trinajstić information content (AvgIpc) is 2.28. The number of benzene rings is 1. The predicted molar refractivity (Wildman–Crippen MR) is 61.2 cm³/mol. The third-order valence-electron chi connectivity index (χ3n) is 2.23. The molecule has 0 aliphatic rings. The number of nitrogens with two attached hydrogens (primary N) is 1. The van der Waals surface area contributed by atoms with Gasteiger partial charge in [-0.25, -0.2) is 4.79 Å². The number of ether oxygens (including phenoxy) is 2. The molecule has 16 heavy (non-hydrogen) atoms. The Bertz CT molecular complexity index is 363. The molecule has 0 spiro atoms. The molecule has 0 aromatic heterocycles. The van der Waals surface area contributed by atoms with Crippen LogP contribution in [0.1, 0.15) is 25.5 Å². The first kappa shape index (κ1) is 12.5. The van der Waals surface area contributed by atoms with E-state index in [1.165, 1.54) is 7.11 Å². The smallest absolute Gasteiger partial charge is 0.346 e. The lowest BCUT2D eigenvalue weighted by Gasteiger charge is -2.14. The molecule has 4 nitrogen and oxygen atoms in total. The van der Waals surface area contributed by atoms with Crippen LogP contribution < -0.4 is 10.5 Å². The Kier molecular flexibility index (Phi) is 4.31. The summed E-state index contributed by atoms with van der Waals surface area (Å²) in [4.78, 5) is 11.2. The maximum Gasteiger partial charge on any atom is 0.346 e. The largest absolute Gasteiger partial charge is 0.479 e. The van der Waals surface area contributed by atoms with Crippen LogP contribution in [0.4, 0.5) is 0 Å². The lowest BCUT2D eigenvalue weighted by molar-refractivity contribution is -0.147. The van der Waals surface area contributed by atoms with Crippen molar-refractivity contribution in [2.75, 3.05) is 7.11 Å². The Morgan fingerprint density at radius 3 is 2.62 bits per heavy atom. The highest BCUT2D eigenvalue weighted by Gasteiger charge is 2.14. The Hall–Kier alpha value is -1.55. The minimum Gasteiger partial charge on any atom is -0.479 e. The van der Waals surface area contributed by atoms with E-state index in [1.807, 2.05) is 25.1 Å². The van der Waals surface area contributed by atoms with Gasteiger partial charge in [0.1, 0.15) is 5.75 Å². The molecule has 4 heteroatoms. The number of carbonyl (C=O) groups excluding carboxylic acids is 1. The van der Waals surface area contributed by atoms with Crippen molar-refractivity contribution >= 4 is 5.97 Å². The Labute approximate surface area is 95.3 Å². The maximum absolute atomic E-state index is 11.2. The molecule has 0 radical (unpaired) electrons. The molecule has 0 fully saturated rings. The first-order valence-electron chi connectivity index (χ1n) is 5.14. The Balaban J connectivity index is 2.74. The fourth-order valence-corrected chi connectivity index (χ4v) is 1.29. The van der Waals surface area contributed by atoms with Gasteiger partial charge in [-0.05, 0) is 31.5 Å². The van der Waals surface area contributed by atoms with E-state index in [9.17, 15) is 4.79 Å². The van der Waals surface area contributed by atoms with Gasteiger partial charge in [0.2, 0.25) is 0 Å². The highest BCUT2D eigenvalue weighted by molar-refractivity contribution is 5.74. The van der Waals surface area contributed by atoms with Crippen LogP contribution in [-0.4, -0.2) is 19.2 Å². The monoisotopic (exact) mass is 223 g/mol. The first-order chi connectivity index (χ1) is 7.54. The predicted octanol–water partition coefficient (Wildman–Crippen LogP) is 1.65. The van der Waals surface area contributed by atoms with Gasteiger partial charge in [0.15, 0.2) is 6.10 Å². The second-order valence-corrected chi connectivity index (χ2v) is 3.64. The van der Waals surface area contributed by atoms with Crippen LogP contribution >= 0.6 is 0 Å². The molecule has 0 amide bonds. The Morgan fingerprint density at radius 2 is 2.06 bits per heavy atom. The number of methoxy groups -OCH3 is 1. The molecule has 0 aliphatic heterocycles. The topological polar surface area (TPSA) is 61.5 Å². The van der Waals surface area contributed by atoms with Crippen molar-refractivity contribution in [2.45, 2.75) is 26.0 Å². The summed E-state index contributed by atoms with van der Waals surface area (Å²) in [5.41, 5.74) is 6.72. The fourth-order valence-electron chi connectivity index (χ4n) is 1.29. The van der Waals surface area contributed by atoms with Crippen LogP contribution in [0.2, 0.25) is 0 Å². The summed E-state index contributed by atoms with van der Waals surface area (Å²) < 4.78 is 10.0. The van der Waals surface area contributed by atoms with E-state index < -0.39 is 12.1 Å². The maximum atomic E-state index is 11.2. The van der Waals surface area contributed by atoms with Gasteiger partial charge < -0.3 is 15.2 Å². The quantitative estimate of drug-likeness (QED) is 0.788. The molecule has 0 saturated heterocycles. The van der Waals surface area contributed by atoms with E-state index in [4.69, 9.17) is 10.5 Å². The van der Waals surface area contributed by atoms with Gasteiger partial charge in [0.25, 0.3) is 0 Å². The number of hydrogen-bond acceptors (Lipinski definition) is 4. The van der Waals surface area contributed by atoms with E-state index in [0.717, 1.165) is 5.56 Å². The van der Waals surface area contributed by atoms with Gasteiger partial charge in [0.05, 0.1) is 7.11 Å². The van der Waals surface area contributed by atoms with Crippen LogP contribution in [0.3, 0.4) is 0 Å². The highest BCUT2D eigenvalue weighted by Crippen LogP contribution is 2.18. The van der Waals surface area contributed by atoms with Crippen molar-refractivity contribution in [3.8, 4) is 5.75 Å². The molecule has 0 heterocycles. The van der Waals surface area contributed by atoms with E-state index in [2.05, 4.69) is 4.74 Å². The van der Waals surface area contributed by atoms with Gasteiger partial charge in [-0.2, -0.15) is 0 Å². The molecule has 1 aromatic rings. The molecule has 2 N–H and O–H groups in total. The average molecular weight is 223 g/mol. The molecule has 1 unspecified atom stereocenters. The highest BCUT2D eigenvalue weighted by atomic mass is 16.6. The van der Waals surface area contributed by atoms with Gasteiger partial charge >= 0.3 is 5.97 Å². The van der Waals surface area contributed by atoms with E-state index in [1.54, 1.807) is 13.0 Å². The minimum absolute atomic E-state index is 0.0583. The van der Waals surface area contributed by atoms with Crippen molar-refractivity contribution in [3.63, 3.8) is 0 Å². The third kappa shape index (κ3) is 3.24. The second-order valence-electron chi connectivity index (χ2n) is 3.64. The van der Waals surface area contributed by atoms with E-state index in [0.29, 0.717) is 5.75 Å². The van der Waals surface area contributed by atoms with Crippen LogP contribution in [0.25, 0.3) is 0 Å². The van der Waals surface area contributed by atoms with Crippen LogP contribution in [0, 0.1) is 0 Å². The summed E-state index contributed by atoms with van der Waals surface area (Å²) in [6.45, 7) is 3.53. The molecule has 1 aromatic carbocycles. The SMILES string of the molecule is COC(=O)C(C)Oc1cccc([C@@H](C)N)c1. The summed E-state index contributed by atoms with van der Waals surface area (Å²) in [7, 11) is 1.33. The van der Waals surface area contributed by atoms with Gasteiger partial charge in [-0.15, -0.1) is 0 Å². The van der Waals surface area contributed by atoms with Gasteiger partial charge in [0, 0.05) is 6.04 Å². The van der Waals surface area contributed by atoms with Crippen LogP contribution in [-0.2, 0) is 9.53 Å². The lowest BCUT2D eigenvalue weighted by atomic mass is 10.1. The normalized spacial score (nSPS) is 14.0. The van der Waals surface area contributed by atoms with Crippen LogP contribution in [0.5, 0.6) is 5.75 Å².